The predicted octanol–water partition coefficient (Wildman–Crippen LogP) is 5.49. The zero-order chi connectivity index (χ0) is 30.5. The Morgan fingerprint density at radius 3 is 2.10 bits per heavy atom. The van der Waals surface area contributed by atoms with Crippen molar-refractivity contribution < 1.29 is 22.4 Å². The lowest BCUT2D eigenvalue weighted by Gasteiger charge is -2.32. The number of nitrogens with zero attached hydrogens (tertiary/aromatic N) is 2. The number of unbranched alkanes of at least 4 members (excludes halogenated alkanes) is 1. The molecule has 0 saturated heterocycles. The van der Waals surface area contributed by atoms with Crippen LogP contribution in [0.25, 0.3) is 0 Å². The fraction of sp³-hybridized carbons (Fsp3) is 0.394. The van der Waals surface area contributed by atoms with Crippen molar-refractivity contribution in [3.8, 4) is 0 Å². The minimum Gasteiger partial charge on any atom is -0.354 e. The van der Waals surface area contributed by atoms with Gasteiger partial charge in [-0.2, -0.15) is 0 Å². The number of anilines is 1. The van der Waals surface area contributed by atoms with Gasteiger partial charge in [0.25, 0.3) is 0 Å². The molecule has 0 spiro atoms. The maximum absolute atomic E-state index is 13.8. The van der Waals surface area contributed by atoms with Crippen LogP contribution in [0.1, 0.15) is 56.2 Å². The Kier molecular flexibility index (Phi) is 12.5. The number of carbonyl (C=O) groups is 2. The fourth-order valence-corrected chi connectivity index (χ4v) is 5.71. The quantitative estimate of drug-likeness (QED) is 0.222. The highest BCUT2D eigenvalue weighted by Crippen LogP contribution is 2.21. The summed E-state index contributed by atoms with van der Waals surface area (Å²) in [5.74, 6) is -0.917. The minimum atomic E-state index is -3.58. The van der Waals surface area contributed by atoms with Crippen LogP contribution in [0.4, 0.5) is 10.1 Å². The van der Waals surface area contributed by atoms with Crippen molar-refractivity contribution in [3.63, 3.8) is 0 Å². The zero-order valence-corrected chi connectivity index (χ0v) is 25.6. The number of hydrogen-bond donors (Lipinski definition) is 1. The molecule has 226 valence electrons. The van der Waals surface area contributed by atoms with E-state index in [4.69, 9.17) is 0 Å². The molecule has 3 aromatic carbocycles. The number of carbonyl (C=O) groups excluding carboxylic acids is 2. The summed E-state index contributed by atoms with van der Waals surface area (Å²) in [6, 6.07) is 21.9. The number of rotatable bonds is 16. The average molecular weight is 596 g/mol. The summed E-state index contributed by atoms with van der Waals surface area (Å²) in [6.07, 6.45) is 4.33. The molecule has 0 aromatic heterocycles. The predicted molar refractivity (Wildman–Crippen MR) is 166 cm³/mol. The van der Waals surface area contributed by atoms with Gasteiger partial charge in [-0.25, -0.2) is 12.8 Å². The molecular weight excluding hydrogens is 553 g/mol. The van der Waals surface area contributed by atoms with Crippen LogP contribution in [-0.2, 0) is 39.0 Å². The van der Waals surface area contributed by atoms with Crippen LogP contribution in [0.3, 0.4) is 0 Å². The SMILES string of the molecule is CCCCNC(=O)[C@H](Cc1ccccc1)N(Cc1ccc(F)cc1)C(=O)CCCN(c1ccc(CC)cc1)S(C)(=O)=O. The van der Waals surface area contributed by atoms with Gasteiger partial charge < -0.3 is 10.2 Å². The molecule has 7 nitrogen and oxygen atoms in total. The van der Waals surface area contributed by atoms with Gasteiger partial charge in [0.1, 0.15) is 11.9 Å². The van der Waals surface area contributed by atoms with Crippen LogP contribution in [0, 0.1) is 5.82 Å². The standard InChI is InChI=1S/C33H42FN3O4S/c1-4-6-22-35-33(39)31(24-27-11-8-7-9-12-27)36(25-28-14-18-29(34)19-15-28)32(38)13-10-23-37(42(3,40)41)30-20-16-26(5-2)17-21-30/h7-9,11-12,14-21,31H,4-6,10,13,22-25H2,1-3H3,(H,35,39)/t31-/m0/s1. The van der Waals surface area contributed by atoms with E-state index in [2.05, 4.69) is 5.32 Å². The maximum atomic E-state index is 13.8. The van der Waals surface area contributed by atoms with Crippen LogP contribution in [-0.4, -0.2) is 50.5 Å². The molecule has 1 N–H and O–H groups in total. The van der Waals surface area contributed by atoms with Crippen molar-refractivity contribution in [1.82, 2.24) is 10.2 Å². The topological polar surface area (TPSA) is 86.8 Å². The summed E-state index contributed by atoms with van der Waals surface area (Å²) in [4.78, 5) is 28.9. The van der Waals surface area contributed by atoms with E-state index in [1.54, 1.807) is 29.2 Å². The molecule has 0 bridgehead atoms. The van der Waals surface area contributed by atoms with Crippen LogP contribution < -0.4 is 9.62 Å². The molecule has 0 fully saturated rings. The van der Waals surface area contributed by atoms with Gasteiger partial charge in [0.05, 0.1) is 11.9 Å². The van der Waals surface area contributed by atoms with Crippen molar-refractivity contribution >= 4 is 27.5 Å². The second-order valence-corrected chi connectivity index (χ2v) is 12.4. The van der Waals surface area contributed by atoms with Gasteiger partial charge in [0.15, 0.2) is 0 Å². The molecule has 2 amide bonds. The maximum Gasteiger partial charge on any atom is 0.243 e. The summed E-state index contributed by atoms with van der Waals surface area (Å²) >= 11 is 0. The number of hydrogen-bond acceptors (Lipinski definition) is 4. The Labute approximate surface area is 249 Å². The normalized spacial score (nSPS) is 12.0. The fourth-order valence-electron chi connectivity index (χ4n) is 4.75. The van der Waals surface area contributed by atoms with Gasteiger partial charge in [0, 0.05) is 32.5 Å². The summed E-state index contributed by atoms with van der Waals surface area (Å²) in [7, 11) is -3.58. The van der Waals surface area contributed by atoms with Crippen LogP contribution >= 0.6 is 0 Å². The van der Waals surface area contributed by atoms with Crippen molar-refractivity contribution in [2.24, 2.45) is 0 Å². The third kappa shape index (κ3) is 9.98. The van der Waals surface area contributed by atoms with E-state index in [0.29, 0.717) is 24.2 Å². The lowest BCUT2D eigenvalue weighted by atomic mass is 10.0. The number of halogens is 1. The van der Waals surface area contributed by atoms with E-state index >= 15 is 0 Å². The van der Waals surface area contributed by atoms with Gasteiger partial charge in [-0.15, -0.1) is 0 Å². The molecule has 0 saturated carbocycles. The molecule has 3 rings (SSSR count). The van der Waals surface area contributed by atoms with Crippen LogP contribution in [0.15, 0.2) is 78.9 Å². The summed E-state index contributed by atoms with van der Waals surface area (Å²) in [6.45, 7) is 4.80. The lowest BCUT2D eigenvalue weighted by molar-refractivity contribution is -0.141. The van der Waals surface area contributed by atoms with Crippen LogP contribution in [0.2, 0.25) is 0 Å². The van der Waals surface area contributed by atoms with Crippen molar-refractivity contribution in [1.29, 1.82) is 0 Å². The molecule has 0 unspecified atom stereocenters. The van der Waals surface area contributed by atoms with E-state index in [-0.39, 0.29) is 43.6 Å². The molecule has 42 heavy (non-hydrogen) atoms. The van der Waals surface area contributed by atoms with Crippen molar-refractivity contribution in [2.45, 2.75) is 65.0 Å². The number of amides is 2. The summed E-state index contributed by atoms with van der Waals surface area (Å²) in [5, 5.41) is 2.98. The highest BCUT2D eigenvalue weighted by Gasteiger charge is 2.30. The molecular formula is C33H42FN3O4S. The zero-order valence-electron chi connectivity index (χ0n) is 24.8. The molecule has 0 aliphatic heterocycles. The number of nitrogens with one attached hydrogen (secondary N) is 1. The van der Waals surface area contributed by atoms with Crippen LogP contribution in [0.5, 0.6) is 0 Å². The molecule has 0 heterocycles. The molecule has 1 atom stereocenters. The second kappa shape index (κ2) is 16.1. The molecule has 0 aliphatic rings. The Morgan fingerprint density at radius 1 is 0.857 bits per heavy atom. The molecule has 9 heteroatoms. The second-order valence-electron chi connectivity index (χ2n) is 10.5. The molecule has 0 radical (unpaired) electrons. The van der Waals surface area contributed by atoms with E-state index in [1.165, 1.54) is 16.4 Å². The summed E-state index contributed by atoms with van der Waals surface area (Å²) < 4.78 is 40.2. The number of benzene rings is 3. The highest BCUT2D eigenvalue weighted by molar-refractivity contribution is 7.92. The van der Waals surface area contributed by atoms with E-state index in [0.717, 1.165) is 36.6 Å². The van der Waals surface area contributed by atoms with E-state index in [9.17, 15) is 22.4 Å². The van der Waals surface area contributed by atoms with Gasteiger partial charge in [-0.1, -0.05) is 74.9 Å². The van der Waals surface area contributed by atoms with Gasteiger partial charge in [-0.05, 0) is 60.2 Å². The first-order valence-electron chi connectivity index (χ1n) is 14.5. The minimum absolute atomic E-state index is 0.0355. The third-order valence-electron chi connectivity index (χ3n) is 7.15. The monoisotopic (exact) mass is 595 g/mol. The van der Waals surface area contributed by atoms with Gasteiger partial charge in [-0.3, -0.25) is 13.9 Å². The Hall–Kier alpha value is -3.72. The Balaban J connectivity index is 1.85. The van der Waals surface area contributed by atoms with Crippen molar-refractivity contribution in [3.05, 3.63) is 101 Å². The number of aryl methyl sites for hydroxylation is 1. The first-order chi connectivity index (χ1) is 20.1. The largest absolute Gasteiger partial charge is 0.354 e. The number of sulfonamides is 1. The molecule has 0 aliphatic carbocycles. The smallest absolute Gasteiger partial charge is 0.243 e. The Bertz CT molecular complexity index is 1380. The Morgan fingerprint density at radius 2 is 1.50 bits per heavy atom. The van der Waals surface area contributed by atoms with Crippen molar-refractivity contribution in [2.75, 3.05) is 23.7 Å². The molecule has 3 aromatic rings. The van der Waals surface area contributed by atoms with Gasteiger partial charge >= 0.3 is 0 Å². The van der Waals surface area contributed by atoms with Gasteiger partial charge in [0.2, 0.25) is 21.8 Å². The average Bonchev–Trinajstić information content (AvgIpc) is 2.98. The van der Waals surface area contributed by atoms with E-state index < -0.39 is 16.1 Å². The lowest BCUT2D eigenvalue weighted by Crippen LogP contribution is -2.50. The highest BCUT2D eigenvalue weighted by atomic mass is 32.2. The van der Waals surface area contributed by atoms with E-state index in [1.807, 2.05) is 56.3 Å². The first-order valence-corrected chi connectivity index (χ1v) is 16.4. The first kappa shape index (κ1) is 32.8. The summed E-state index contributed by atoms with van der Waals surface area (Å²) in [5.41, 5.74) is 3.24. The third-order valence-corrected chi connectivity index (χ3v) is 8.35.